The molecule has 0 fully saturated rings. The van der Waals surface area contributed by atoms with Crippen molar-refractivity contribution in [1.29, 1.82) is 0 Å². The number of nitro groups is 1. The fourth-order valence-electron chi connectivity index (χ4n) is 2.96. The second-order valence-corrected chi connectivity index (χ2v) is 9.92. The summed E-state index contributed by atoms with van der Waals surface area (Å²) in [6.45, 7) is 0. The second-order valence-electron chi connectivity index (χ2n) is 6.94. The van der Waals surface area contributed by atoms with E-state index in [0.29, 0.717) is 21.4 Å². The molecule has 4 rings (SSSR count). The molecule has 3 aromatic carbocycles. The predicted octanol–water partition coefficient (Wildman–Crippen LogP) is 5.42. The molecule has 172 valence electrons. The molecule has 0 bridgehead atoms. The van der Waals surface area contributed by atoms with Gasteiger partial charge >= 0.3 is 0 Å². The molecule has 2 N–H and O–H groups in total. The highest BCUT2D eigenvalue weighted by atomic mass is 35.5. The number of hydrogen-bond donors (Lipinski definition) is 2. The van der Waals surface area contributed by atoms with Crippen molar-refractivity contribution < 1.29 is 18.1 Å². The maximum absolute atomic E-state index is 12.7. The fourth-order valence-corrected chi connectivity index (χ4v) is 4.85. The number of sulfonamides is 1. The lowest BCUT2D eigenvalue weighted by atomic mass is 10.1. The van der Waals surface area contributed by atoms with E-state index in [0.717, 1.165) is 11.3 Å². The standard InChI is InChI=1S/C22H15ClN4O5S2/c23-16-7-9-19(10-8-16)34(31,32)26-17-5-1-4-15(11-17)21(28)25-22-24-20(13-33-22)14-3-2-6-18(12-14)27(29)30/h1-13,26H,(H,24,25,28). The first-order valence-electron chi connectivity index (χ1n) is 9.61. The van der Waals surface area contributed by atoms with Crippen molar-refractivity contribution in [2.24, 2.45) is 0 Å². The quantitative estimate of drug-likeness (QED) is 0.250. The lowest BCUT2D eigenvalue weighted by Gasteiger charge is -2.09. The third-order valence-electron chi connectivity index (χ3n) is 4.58. The third-order valence-corrected chi connectivity index (χ3v) is 6.99. The van der Waals surface area contributed by atoms with Crippen LogP contribution < -0.4 is 10.0 Å². The number of halogens is 1. The molecule has 1 aromatic heterocycles. The SMILES string of the molecule is O=C(Nc1nc(-c2cccc([N+](=O)[O-])c2)cs1)c1cccc(NS(=O)(=O)c2ccc(Cl)cc2)c1. The molecule has 1 amide bonds. The number of carbonyl (C=O) groups is 1. The van der Waals surface area contributed by atoms with Crippen LogP contribution in [0.25, 0.3) is 11.3 Å². The van der Waals surface area contributed by atoms with Gasteiger partial charge in [0.05, 0.1) is 15.5 Å². The van der Waals surface area contributed by atoms with Gasteiger partial charge in [0.2, 0.25) is 0 Å². The van der Waals surface area contributed by atoms with Crippen molar-refractivity contribution in [3.63, 3.8) is 0 Å². The topological polar surface area (TPSA) is 131 Å². The van der Waals surface area contributed by atoms with Crippen LogP contribution in [0.4, 0.5) is 16.5 Å². The zero-order valence-corrected chi connectivity index (χ0v) is 19.5. The van der Waals surface area contributed by atoms with E-state index < -0.39 is 20.9 Å². The summed E-state index contributed by atoms with van der Waals surface area (Å²) in [6, 6.07) is 17.7. The fraction of sp³-hybridized carbons (Fsp3) is 0. The summed E-state index contributed by atoms with van der Waals surface area (Å²) in [5, 5.41) is 16.0. The Kier molecular flexibility index (Phi) is 6.59. The lowest BCUT2D eigenvalue weighted by Crippen LogP contribution is -2.15. The first-order valence-corrected chi connectivity index (χ1v) is 12.4. The van der Waals surface area contributed by atoms with Gasteiger partial charge in [-0.3, -0.25) is 24.9 Å². The molecule has 0 spiro atoms. The van der Waals surface area contributed by atoms with Crippen LogP contribution in [-0.2, 0) is 10.0 Å². The number of carbonyl (C=O) groups excluding carboxylic acids is 1. The molecule has 0 aliphatic rings. The zero-order valence-electron chi connectivity index (χ0n) is 17.1. The van der Waals surface area contributed by atoms with E-state index in [4.69, 9.17) is 11.6 Å². The Morgan fingerprint density at radius 3 is 2.50 bits per heavy atom. The van der Waals surface area contributed by atoms with Crippen LogP contribution >= 0.6 is 22.9 Å². The Bertz CT molecular complexity index is 1490. The Balaban J connectivity index is 1.48. The molecule has 0 aliphatic heterocycles. The molecule has 12 heteroatoms. The minimum atomic E-state index is -3.87. The number of nitro benzene ring substituents is 1. The smallest absolute Gasteiger partial charge is 0.270 e. The maximum atomic E-state index is 12.7. The lowest BCUT2D eigenvalue weighted by molar-refractivity contribution is -0.384. The van der Waals surface area contributed by atoms with Crippen LogP contribution in [0.3, 0.4) is 0 Å². The van der Waals surface area contributed by atoms with Crippen molar-refractivity contribution in [3.8, 4) is 11.3 Å². The zero-order chi connectivity index (χ0) is 24.3. The normalized spacial score (nSPS) is 11.1. The molecule has 0 radical (unpaired) electrons. The molecule has 0 atom stereocenters. The van der Waals surface area contributed by atoms with Gasteiger partial charge in [-0.2, -0.15) is 0 Å². The van der Waals surface area contributed by atoms with E-state index in [9.17, 15) is 23.3 Å². The number of amides is 1. The Labute approximate surface area is 203 Å². The average Bonchev–Trinajstić information content (AvgIpc) is 3.28. The Hall–Kier alpha value is -3.80. The van der Waals surface area contributed by atoms with Crippen LogP contribution in [-0.4, -0.2) is 24.2 Å². The van der Waals surface area contributed by atoms with Gasteiger partial charge in [0.1, 0.15) is 0 Å². The molecule has 9 nitrogen and oxygen atoms in total. The summed E-state index contributed by atoms with van der Waals surface area (Å²) < 4.78 is 27.6. The Morgan fingerprint density at radius 2 is 1.76 bits per heavy atom. The van der Waals surface area contributed by atoms with Gasteiger partial charge in [-0.1, -0.05) is 29.8 Å². The summed E-state index contributed by atoms with van der Waals surface area (Å²) in [5.74, 6) is -0.493. The first kappa shape index (κ1) is 23.4. The number of thiazole rings is 1. The highest BCUT2D eigenvalue weighted by Gasteiger charge is 2.16. The molecule has 0 unspecified atom stereocenters. The third kappa shape index (κ3) is 5.39. The van der Waals surface area contributed by atoms with Crippen molar-refractivity contribution in [1.82, 2.24) is 4.98 Å². The molecule has 1 heterocycles. The van der Waals surface area contributed by atoms with E-state index in [2.05, 4.69) is 15.0 Å². The number of non-ortho nitro benzene ring substituents is 1. The van der Waals surface area contributed by atoms with E-state index in [1.807, 2.05) is 0 Å². The number of nitrogens with one attached hydrogen (secondary N) is 2. The van der Waals surface area contributed by atoms with E-state index >= 15 is 0 Å². The summed E-state index contributed by atoms with van der Waals surface area (Å²) in [6.07, 6.45) is 0. The van der Waals surface area contributed by atoms with E-state index in [1.165, 1.54) is 54.6 Å². The number of aromatic nitrogens is 1. The number of benzene rings is 3. The predicted molar refractivity (Wildman–Crippen MR) is 131 cm³/mol. The molecular formula is C22H15ClN4O5S2. The minimum absolute atomic E-state index is 0.0308. The Morgan fingerprint density at radius 1 is 1.03 bits per heavy atom. The van der Waals surface area contributed by atoms with Gasteiger partial charge in [0.25, 0.3) is 21.6 Å². The monoisotopic (exact) mass is 514 g/mol. The van der Waals surface area contributed by atoms with Crippen LogP contribution in [0.5, 0.6) is 0 Å². The van der Waals surface area contributed by atoms with Gasteiger partial charge in [0, 0.05) is 39.3 Å². The maximum Gasteiger partial charge on any atom is 0.270 e. The minimum Gasteiger partial charge on any atom is -0.298 e. The van der Waals surface area contributed by atoms with Gasteiger partial charge < -0.3 is 0 Å². The van der Waals surface area contributed by atoms with E-state index in [-0.39, 0.29) is 21.8 Å². The summed E-state index contributed by atoms with van der Waals surface area (Å²) in [7, 11) is -3.87. The summed E-state index contributed by atoms with van der Waals surface area (Å²) in [4.78, 5) is 27.5. The van der Waals surface area contributed by atoms with Crippen LogP contribution in [0, 0.1) is 10.1 Å². The van der Waals surface area contributed by atoms with Crippen molar-refractivity contribution in [2.75, 3.05) is 10.0 Å². The number of anilines is 2. The van der Waals surface area contributed by atoms with Crippen LogP contribution in [0.2, 0.25) is 5.02 Å². The molecule has 0 saturated carbocycles. The second kappa shape index (κ2) is 9.59. The highest BCUT2D eigenvalue weighted by molar-refractivity contribution is 7.92. The van der Waals surface area contributed by atoms with Crippen molar-refractivity contribution >= 4 is 55.4 Å². The largest absolute Gasteiger partial charge is 0.298 e. The van der Waals surface area contributed by atoms with Gasteiger partial charge in [-0.05, 0) is 42.5 Å². The highest BCUT2D eigenvalue weighted by Crippen LogP contribution is 2.28. The number of hydrogen-bond acceptors (Lipinski definition) is 7. The molecule has 34 heavy (non-hydrogen) atoms. The molecule has 4 aromatic rings. The van der Waals surface area contributed by atoms with Gasteiger partial charge in [0.15, 0.2) is 5.13 Å². The van der Waals surface area contributed by atoms with Crippen LogP contribution in [0.15, 0.2) is 83.1 Å². The number of nitrogens with zero attached hydrogens (tertiary/aromatic N) is 2. The molecule has 0 saturated heterocycles. The molecule has 0 aliphatic carbocycles. The van der Waals surface area contributed by atoms with Gasteiger partial charge in [-0.25, -0.2) is 13.4 Å². The van der Waals surface area contributed by atoms with Gasteiger partial charge in [-0.15, -0.1) is 11.3 Å². The average molecular weight is 515 g/mol. The first-order chi connectivity index (χ1) is 16.2. The summed E-state index contributed by atoms with van der Waals surface area (Å²) in [5.41, 5.74) is 1.38. The van der Waals surface area contributed by atoms with Crippen molar-refractivity contribution in [3.05, 3.63) is 98.9 Å². The number of rotatable bonds is 7. The van der Waals surface area contributed by atoms with Crippen molar-refractivity contribution in [2.45, 2.75) is 4.90 Å². The molecular weight excluding hydrogens is 500 g/mol. The van der Waals surface area contributed by atoms with E-state index in [1.54, 1.807) is 23.6 Å². The van der Waals surface area contributed by atoms with Crippen LogP contribution in [0.1, 0.15) is 10.4 Å². The summed E-state index contributed by atoms with van der Waals surface area (Å²) >= 11 is 6.97.